The van der Waals surface area contributed by atoms with E-state index in [1.807, 2.05) is 39.0 Å². The van der Waals surface area contributed by atoms with Crippen molar-refractivity contribution in [3.05, 3.63) is 41.0 Å². The van der Waals surface area contributed by atoms with E-state index < -0.39 is 0 Å². The molecule has 29 heavy (non-hydrogen) atoms. The molecule has 1 unspecified atom stereocenters. The molecule has 0 aliphatic carbocycles. The minimum atomic E-state index is -0.342. The Morgan fingerprint density at radius 3 is 2.48 bits per heavy atom. The van der Waals surface area contributed by atoms with Crippen molar-refractivity contribution in [2.45, 2.75) is 33.8 Å². The molecule has 154 valence electrons. The van der Waals surface area contributed by atoms with Gasteiger partial charge in [0.15, 0.2) is 0 Å². The van der Waals surface area contributed by atoms with Crippen molar-refractivity contribution in [2.75, 3.05) is 31.6 Å². The Balaban J connectivity index is 1.74. The Morgan fingerprint density at radius 1 is 1.10 bits per heavy atom. The summed E-state index contributed by atoms with van der Waals surface area (Å²) in [5.41, 5.74) is 4.13. The largest absolute Gasteiger partial charge is 0.368 e. The molecule has 1 aliphatic rings. The van der Waals surface area contributed by atoms with E-state index in [0.29, 0.717) is 25.6 Å². The van der Waals surface area contributed by atoms with Crippen LogP contribution in [0, 0.1) is 20.8 Å². The molecule has 2 aromatic rings. The standard InChI is InChI=1S/C20H26N6O3/c1-12-7-13(2)24-20(23-12)25-16-8-14(3)22-17(9-16)18-11-26(5-6-29-18)19(28)10-21-15(4)27/h7-9,18H,5-6,10-11H2,1-4H3,(H,21,27)(H,22,23,24,25). The van der Waals surface area contributed by atoms with Crippen LogP contribution in [0.3, 0.4) is 0 Å². The van der Waals surface area contributed by atoms with Gasteiger partial charge in [0.05, 0.1) is 25.4 Å². The van der Waals surface area contributed by atoms with E-state index in [1.54, 1.807) is 4.90 Å². The minimum Gasteiger partial charge on any atom is -0.368 e. The van der Waals surface area contributed by atoms with Crippen LogP contribution in [0.15, 0.2) is 18.2 Å². The number of nitrogens with one attached hydrogen (secondary N) is 2. The van der Waals surface area contributed by atoms with Gasteiger partial charge in [0.25, 0.3) is 0 Å². The summed E-state index contributed by atoms with van der Waals surface area (Å²) in [7, 11) is 0. The molecule has 1 atom stereocenters. The molecule has 9 nitrogen and oxygen atoms in total. The Hall–Kier alpha value is -3.07. The highest BCUT2D eigenvalue weighted by atomic mass is 16.5. The van der Waals surface area contributed by atoms with Crippen LogP contribution in [0.1, 0.15) is 35.8 Å². The van der Waals surface area contributed by atoms with Crippen LogP contribution in [0.25, 0.3) is 0 Å². The number of ether oxygens (including phenoxy) is 1. The van der Waals surface area contributed by atoms with Gasteiger partial charge in [-0.2, -0.15) is 0 Å². The number of hydrogen-bond acceptors (Lipinski definition) is 7. The van der Waals surface area contributed by atoms with Crippen LogP contribution < -0.4 is 10.6 Å². The second-order valence-corrected chi connectivity index (χ2v) is 7.13. The van der Waals surface area contributed by atoms with Gasteiger partial charge in [-0.05, 0) is 39.0 Å². The number of nitrogens with zero attached hydrogens (tertiary/aromatic N) is 4. The third-order valence-corrected chi connectivity index (χ3v) is 4.45. The summed E-state index contributed by atoms with van der Waals surface area (Å²) >= 11 is 0. The molecule has 0 saturated carbocycles. The number of aryl methyl sites for hydroxylation is 3. The molecule has 0 radical (unpaired) electrons. The fourth-order valence-corrected chi connectivity index (χ4v) is 3.21. The van der Waals surface area contributed by atoms with E-state index in [9.17, 15) is 9.59 Å². The molecule has 2 amide bonds. The summed E-state index contributed by atoms with van der Waals surface area (Å²) in [5, 5.41) is 5.77. The number of anilines is 2. The molecular weight excluding hydrogens is 372 g/mol. The number of morpholine rings is 1. The van der Waals surface area contributed by atoms with E-state index in [1.165, 1.54) is 6.92 Å². The molecule has 1 fully saturated rings. The second kappa shape index (κ2) is 8.95. The third kappa shape index (κ3) is 5.71. The highest BCUT2D eigenvalue weighted by Gasteiger charge is 2.26. The van der Waals surface area contributed by atoms with Gasteiger partial charge in [-0.15, -0.1) is 0 Å². The molecule has 3 heterocycles. The van der Waals surface area contributed by atoms with E-state index >= 15 is 0 Å². The lowest BCUT2D eigenvalue weighted by atomic mass is 10.1. The monoisotopic (exact) mass is 398 g/mol. The molecule has 2 N–H and O–H groups in total. The average Bonchev–Trinajstić information content (AvgIpc) is 2.65. The maximum Gasteiger partial charge on any atom is 0.242 e. The first-order valence-corrected chi connectivity index (χ1v) is 9.52. The highest BCUT2D eigenvalue weighted by Crippen LogP contribution is 2.25. The lowest BCUT2D eigenvalue weighted by molar-refractivity contribution is -0.139. The first-order valence-electron chi connectivity index (χ1n) is 9.52. The fraction of sp³-hybridized carbons (Fsp3) is 0.450. The molecular formula is C20H26N6O3. The Bertz CT molecular complexity index is 897. The number of carbonyl (C=O) groups excluding carboxylic acids is 2. The molecule has 9 heteroatoms. The summed E-state index contributed by atoms with van der Waals surface area (Å²) in [6.45, 7) is 8.41. The van der Waals surface area contributed by atoms with Gasteiger partial charge in [0.1, 0.15) is 6.10 Å². The quantitative estimate of drug-likeness (QED) is 0.787. The molecule has 0 aromatic carbocycles. The fourth-order valence-electron chi connectivity index (χ4n) is 3.21. The highest BCUT2D eigenvalue weighted by molar-refractivity contribution is 5.83. The van der Waals surface area contributed by atoms with E-state index in [2.05, 4.69) is 25.6 Å². The first-order chi connectivity index (χ1) is 13.8. The van der Waals surface area contributed by atoms with Crippen LogP contribution in [-0.4, -0.2) is 57.9 Å². The summed E-state index contributed by atoms with van der Waals surface area (Å²) < 4.78 is 5.87. The number of pyridine rings is 1. The van der Waals surface area contributed by atoms with Gasteiger partial charge in [-0.3, -0.25) is 14.6 Å². The number of carbonyl (C=O) groups is 2. The van der Waals surface area contributed by atoms with Crippen molar-refractivity contribution < 1.29 is 14.3 Å². The first kappa shape index (κ1) is 20.7. The van der Waals surface area contributed by atoms with E-state index in [0.717, 1.165) is 28.5 Å². The van der Waals surface area contributed by atoms with E-state index in [4.69, 9.17) is 4.74 Å². The topological polar surface area (TPSA) is 109 Å². The molecule has 1 saturated heterocycles. The molecule has 1 aliphatic heterocycles. The van der Waals surface area contributed by atoms with Gasteiger partial charge in [0.2, 0.25) is 17.8 Å². The normalized spacial score (nSPS) is 16.4. The molecule has 0 bridgehead atoms. The predicted octanol–water partition coefficient (Wildman–Crippen LogP) is 1.58. The molecule has 2 aromatic heterocycles. The Kier molecular flexibility index (Phi) is 6.38. The lowest BCUT2D eigenvalue weighted by Gasteiger charge is -2.33. The minimum absolute atomic E-state index is 0.0137. The van der Waals surface area contributed by atoms with Crippen LogP contribution in [0.5, 0.6) is 0 Å². The van der Waals surface area contributed by atoms with Crippen molar-refractivity contribution >= 4 is 23.5 Å². The molecule has 0 spiro atoms. The smallest absolute Gasteiger partial charge is 0.242 e. The van der Waals surface area contributed by atoms with Crippen molar-refractivity contribution in [3.63, 3.8) is 0 Å². The Labute approximate surface area is 169 Å². The van der Waals surface area contributed by atoms with Gasteiger partial charge < -0.3 is 20.3 Å². The lowest BCUT2D eigenvalue weighted by Crippen LogP contribution is -2.46. The van der Waals surface area contributed by atoms with Crippen molar-refractivity contribution in [3.8, 4) is 0 Å². The third-order valence-electron chi connectivity index (χ3n) is 4.45. The number of amides is 2. The Morgan fingerprint density at radius 2 is 1.79 bits per heavy atom. The SMILES string of the molecule is CC(=O)NCC(=O)N1CCOC(c2cc(Nc3nc(C)cc(C)n3)cc(C)n2)C1. The average molecular weight is 398 g/mol. The van der Waals surface area contributed by atoms with Gasteiger partial charge in [-0.25, -0.2) is 9.97 Å². The summed E-state index contributed by atoms with van der Waals surface area (Å²) in [6.07, 6.45) is -0.342. The molecule has 3 rings (SSSR count). The van der Waals surface area contributed by atoms with Gasteiger partial charge in [0, 0.05) is 36.2 Å². The van der Waals surface area contributed by atoms with Gasteiger partial charge >= 0.3 is 0 Å². The number of aromatic nitrogens is 3. The zero-order valence-corrected chi connectivity index (χ0v) is 17.2. The zero-order valence-electron chi connectivity index (χ0n) is 17.2. The summed E-state index contributed by atoms with van der Waals surface area (Å²) in [5.74, 6) is 0.159. The summed E-state index contributed by atoms with van der Waals surface area (Å²) in [6, 6.07) is 5.71. The number of hydrogen-bond donors (Lipinski definition) is 2. The second-order valence-electron chi connectivity index (χ2n) is 7.13. The van der Waals surface area contributed by atoms with Crippen molar-refractivity contribution in [1.29, 1.82) is 0 Å². The maximum absolute atomic E-state index is 12.3. The van der Waals surface area contributed by atoms with Crippen molar-refractivity contribution in [1.82, 2.24) is 25.2 Å². The van der Waals surface area contributed by atoms with Crippen LogP contribution in [0.4, 0.5) is 11.6 Å². The zero-order chi connectivity index (χ0) is 21.0. The predicted molar refractivity (Wildman–Crippen MR) is 108 cm³/mol. The maximum atomic E-state index is 12.3. The van der Waals surface area contributed by atoms with Crippen LogP contribution in [0.2, 0.25) is 0 Å². The van der Waals surface area contributed by atoms with Crippen molar-refractivity contribution in [2.24, 2.45) is 0 Å². The van der Waals surface area contributed by atoms with Crippen LogP contribution >= 0.6 is 0 Å². The number of rotatable bonds is 5. The van der Waals surface area contributed by atoms with Crippen LogP contribution in [-0.2, 0) is 14.3 Å². The van der Waals surface area contributed by atoms with Gasteiger partial charge in [-0.1, -0.05) is 0 Å². The van der Waals surface area contributed by atoms with E-state index in [-0.39, 0.29) is 24.5 Å². The summed E-state index contributed by atoms with van der Waals surface area (Å²) in [4.78, 5) is 38.5.